The normalized spacial score (nSPS) is 20.4. The number of hydrogen-bond acceptors (Lipinski definition) is 11. The number of amides is 2. The second-order valence-electron chi connectivity index (χ2n) is 9.75. The van der Waals surface area contributed by atoms with E-state index >= 15 is 0 Å². The molecule has 4 atom stereocenters. The maximum Gasteiger partial charge on any atom is 0.406 e. The summed E-state index contributed by atoms with van der Waals surface area (Å²) in [4.78, 5) is 48.0. The van der Waals surface area contributed by atoms with Crippen LogP contribution in [0.4, 0.5) is 0 Å². The molecule has 0 saturated carbocycles. The van der Waals surface area contributed by atoms with E-state index in [1.807, 2.05) is 38.0 Å². The predicted octanol–water partition coefficient (Wildman–Crippen LogP) is 3.30. The summed E-state index contributed by atoms with van der Waals surface area (Å²) in [5.74, 6) is -0.811. The first-order valence-electron chi connectivity index (χ1n) is 12.0. The molecular weight excluding hydrogens is 541 g/mol. The third kappa shape index (κ3) is 13.3. The number of carbonyl (C=O) groups excluding carboxylic acids is 4. The Hall–Kier alpha value is -1.37. The molecule has 212 valence electrons. The minimum atomic E-state index is -3.91. The third-order valence-electron chi connectivity index (χ3n) is 4.88. The summed E-state index contributed by atoms with van der Waals surface area (Å²) in [6, 6.07) is -0.935. The van der Waals surface area contributed by atoms with Gasteiger partial charge in [0.2, 0.25) is 6.41 Å². The molecule has 0 aromatic carbocycles. The van der Waals surface area contributed by atoms with E-state index in [4.69, 9.17) is 13.8 Å². The summed E-state index contributed by atoms with van der Waals surface area (Å²) in [6.45, 7) is 10.5. The molecule has 1 aliphatic rings. The Kier molecular flexibility index (Phi) is 14.5. The maximum atomic E-state index is 13.5. The van der Waals surface area contributed by atoms with Gasteiger partial charge in [0.05, 0.1) is 24.7 Å². The first-order chi connectivity index (χ1) is 17.2. The Labute approximate surface area is 228 Å². The Morgan fingerprint density at radius 3 is 2.46 bits per heavy atom. The van der Waals surface area contributed by atoms with Gasteiger partial charge in [-0.15, -0.1) is 11.8 Å². The monoisotopic (exact) mass is 581 g/mol. The highest BCUT2D eigenvalue weighted by atomic mass is 32.2. The predicted molar refractivity (Wildman–Crippen MR) is 146 cm³/mol. The standard InChI is InChI=1S/C23H40N3O8PS2/c1-16(2)34-21(29)17(3)25-35(31,32-12-13-36-22(30)23(4,5)6)33-14-18-8-9-20(37-18)26(7)11-10-19(28)24-15-27/h10-11,15-18,20H,8-9,12-14H2,1-7H3,(H,25,31)(H,24,27,28)/b11-10-. The average Bonchev–Trinajstić information content (AvgIpc) is 3.27. The van der Waals surface area contributed by atoms with E-state index < -0.39 is 31.1 Å². The SMILES string of the molecule is CC(C)OC(=O)C(C)NP(=O)(OCCSC(=O)C(C)(C)C)OCC1CCC(N(C)/C=C\C(=O)NC=O)S1. The average molecular weight is 582 g/mol. The number of nitrogens with one attached hydrogen (secondary N) is 2. The van der Waals surface area contributed by atoms with E-state index in [2.05, 4.69) is 5.09 Å². The number of nitrogens with zero attached hydrogens (tertiary/aromatic N) is 1. The summed E-state index contributed by atoms with van der Waals surface area (Å²) in [5, 5.41) is 4.74. The molecule has 14 heteroatoms. The van der Waals surface area contributed by atoms with Crippen LogP contribution in [0, 0.1) is 5.41 Å². The van der Waals surface area contributed by atoms with Crippen molar-refractivity contribution >= 4 is 54.7 Å². The van der Waals surface area contributed by atoms with Gasteiger partial charge in [-0.05, 0) is 33.6 Å². The lowest BCUT2D eigenvalue weighted by molar-refractivity contribution is -0.149. The van der Waals surface area contributed by atoms with Gasteiger partial charge in [0.15, 0.2) is 5.12 Å². The fraction of sp³-hybridized carbons (Fsp3) is 0.739. The van der Waals surface area contributed by atoms with Gasteiger partial charge in [-0.2, -0.15) is 0 Å². The molecule has 0 radical (unpaired) electrons. The lowest BCUT2D eigenvalue weighted by atomic mass is 10.00. The van der Waals surface area contributed by atoms with E-state index in [0.29, 0.717) is 6.41 Å². The molecule has 0 bridgehead atoms. The fourth-order valence-corrected chi connectivity index (χ4v) is 6.84. The Morgan fingerprint density at radius 1 is 1.19 bits per heavy atom. The number of rotatable bonds is 15. The number of hydrogen-bond donors (Lipinski definition) is 2. The van der Waals surface area contributed by atoms with E-state index in [-0.39, 0.29) is 40.8 Å². The van der Waals surface area contributed by atoms with Crippen molar-refractivity contribution in [2.45, 2.75) is 77.2 Å². The molecule has 0 spiro atoms. The van der Waals surface area contributed by atoms with Gasteiger partial charge in [-0.25, -0.2) is 9.65 Å². The van der Waals surface area contributed by atoms with Crippen LogP contribution in [0.25, 0.3) is 0 Å². The van der Waals surface area contributed by atoms with Crippen LogP contribution >= 0.6 is 31.3 Å². The number of esters is 1. The lowest BCUT2D eigenvalue weighted by Crippen LogP contribution is -2.36. The smallest absolute Gasteiger partial charge is 0.406 e. The zero-order valence-corrected chi connectivity index (χ0v) is 25.1. The van der Waals surface area contributed by atoms with E-state index in [0.717, 1.165) is 24.6 Å². The molecule has 37 heavy (non-hydrogen) atoms. The second kappa shape index (κ2) is 15.9. The summed E-state index contributed by atoms with van der Waals surface area (Å²) in [7, 11) is -2.09. The van der Waals surface area contributed by atoms with Gasteiger partial charge >= 0.3 is 13.7 Å². The third-order valence-corrected chi connectivity index (χ3v) is 9.48. The zero-order valence-electron chi connectivity index (χ0n) is 22.6. The fourth-order valence-electron chi connectivity index (χ4n) is 2.92. The number of ether oxygens (including phenoxy) is 1. The Morgan fingerprint density at radius 2 is 1.86 bits per heavy atom. The molecule has 1 aliphatic heterocycles. The van der Waals surface area contributed by atoms with Crippen molar-refractivity contribution in [2.75, 3.05) is 26.0 Å². The van der Waals surface area contributed by atoms with Crippen molar-refractivity contribution in [1.29, 1.82) is 0 Å². The molecule has 2 N–H and O–H groups in total. The van der Waals surface area contributed by atoms with Crippen molar-refractivity contribution in [2.24, 2.45) is 5.41 Å². The van der Waals surface area contributed by atoms with Crippen LogP contribution in [0.15, 0.2) is 12.3 Å². The van der Waals surface area contributed by atoms with Crippen LogP contribution < -0.4 is 10.4 Å². The van der Waals surface area contributed by atoms with Crippen molar-refractivity contribution in [3.05, 3.63) is 12.3 Å². The van der Waals surface area contributed by atoms with Crippen molar-refractivity contribution in [3.63, 3.8) is 0 Å². The van der Waals surface area contributed by atoms with E-state index in [1.54, 1.807) is 31.8 Å². The molecule has 1 fully saturated rings. The molecule has 0 aromatic rings. The lowest BCUT2D eigenvalue weighted by Gasteiger charge is -2.25. The number of carbonyl (C=O) groups is 4. The van der Waals surface area contributed by atoms with Gasteiger partial charge in [0, 0.05) is 35.7 Å². The van der Waals surface area contributed by atoms with E-state index in [1.165, 1.54) is 13.0 Å². The van der Waals surface area contributed by atoms with Gasteiger partial charge in [-0.3, -0.25) is 33.5 Å². The number of imide groups is 1. The first-order valence-corrected chi connectivity index (χ1v) is 15.5. The molecule has 0 aliphatic carbocycles. The Balaban J connectivity index is 2.73. The molecule has 0 aromatic heterocycles. The zero-order chi connectivity index (χ0) is 28.2. The van der Waals surface area contributed by atoms with Gasteiger partial charge < -0.3 is 9.64 Å². The molecular formula is C23H40N3O8PS2. The summed E-state index contributed by atoms with van der Waals surface area (Å²) in [5.41, 5.74) is -0.505. The maximum absolute atomic E-state index is 13.5. The van der Waals surface area contributed by atoms with Crippen LogP contribution in [0.2, 0.25) is 0 Å². The highest BCUT2D eigenvalue weighted by Gasteiger charge is 2.34. The van der Waals surface area contributed by atoms with Crippen LogP contribution in [-0.4, -0.2) is 77.1 Å². The summed E-state index contributed by atoms with van der Waals surface area (Å²) >= 11 is 2.69. The van der Waals surface area contributed by atoms with Crippen molar-refractivity contribution < 1.29 is 37.5 Å². The van der Waals surface area contributed by atoms with Crippen LogP contribution in [0.1, 0.15) is 54.4 Å². The van der Waals surface area contributed by atoms with Crippen LogP contribution in [-0.2, 0) is 37.5 Å². The van der Waals surface area contributed by atoms with E-state index in [9.17, 15) is 23.7 Å². The second-order valence-corrected chi connectivity index (χ2v) is 14.1. The minimum absolute atomic E-state index is 0.00172. The minimum Gasteiger partial charge on any atom is -0.462 e. The summed E-state index contributed by atoms with van der Waals surface area (Å²) in [6.07, 6.45) is 4.42. The molecule has 2 amide bonds. The largest absolute Gasteiger partial charge is 0.462 e. The topological polar surface area (TPSA) is 140 Å². The highest BCUT2D eigenvalue weighted by molar-refractivity contribution is 8.13. The highest BCUT2D eigenvalue weighted by Crippen LogP contribution is 2.47. The Bertz CT molecular complexity index is 865. The van der Waals surface area contributed by atoms with Gasteiger partial charge in [-0.1, -0.05) is 32.5 Å². The molecule has 11 nitrogen and oxygen atoms in total. The van der Waals surface area contributed by atoms with Gasteiger partial charge in [0.25, 0.3) is 5.91 Å². The molecule has 1 saturated heterocycles. The van der Waals surface area contributed by atoms with Gasteiger partial charge in [0.1, 0.15) is 6.04 Å². The number of thioether (sulfide) groups is 2. The van der Waals surface area contributed by atoms with Crippen LogP contribution in [0.5, 0.6) is 0 Å². The molecule has 4 unspecified atom stereocenters. The quantitative estimate of drug-likeness (QED) is 0.0964. The molecule has 1 rings (SSSR count). The molecule has 1 heterocycles. The van der Waals surface area contributed by atoms with Crippen molar-refractivity contribution in [3.8, 4) is 0 Å². The van der Waals surface area contributed by atoms with Crippen LogP contribution in [0.3, 0.4) is 0 Å². The summed E-state index contributed by atoms with van der Waals surface area (Å²) < 4.78 is 30.0. The van der Waals surface area contributed by atoms with Crippen molar-refractivity contribution in [1.82, 2.24) is 15.3 Å². The first kappa shape index (κ1) is 33.7.